The van der Waals surface area contributed by atoms with E-state index in [-0.39, 0.29) is 12.6 Å². The summed E-state index contributed by atoms with van der Waals surface area (Å²) < 4.78 is 5.71. The topological polar surface area (TPSA) is 73.2 Å². The Hall–Kier alpha value is -1.92. The summed E-state index contributed by atoms with van der Waals surface area (Å²) in [6.45, 7) is 2.79. The number of likely N-dealkylation sites (tertiary alicyclic amines) is 1. The molecule has 0 saturated carbocycles. The summed E-state index contributed by atoms with van der Waals surface area (Å²) in [5.41, 5.74) is 2.07. The minimum atomic E-state index is -0.979. The average molecular weight is 357 g/mol. The molecule has 3 N–H and O–H groups in total. The van der Waals surface area contributed by atoms with E-state index in [0.717, 1.165) is 16.9 Å². The van der Waals surface area contributed by atoms with Crippen LogP contribution >= 0.6 is 0 Å². The highest BCUT2D eigenvalue weighted by molar-refractivity contribution is 5.33. The Kier molecular flexibility index (Phi) is 6.27. The number of rotatable bonds is 7. The Bertz CT molecular complexity index is 693. The third-order valence-corrected chi connectivity index (χ3v) is 5.09. The summed E-state index contributed by atoms with van der Waals surface area (Å²) in [5.74, 6) is 0.793. The van der Waals surface area contributed by atoms with Gasteiger partial charge in [-0.3, -0.25) is 4.90 Å². The Labute approximate surface area is 154 Å². The number of hydrogen-bond acceptors (Lipinski definition) is 5. The molecule has 0 spiro atoms. The Balaban J connectivity index is 1.87. The van der Waals surface area contributed by atoms with Gasteiger partial charge < -0.3 is 20.1 Å². The number of ether oxygens (including phenoxy) is 1. The Morgan fingerprint density at radius 3 is 2.27 bits per heavy atom. The molecule has 2 aromatic rings. The van der Waals surface area contributed by atoms with Crippen LogP contribution in [0.3, 0.4) is 0 Å². The molecule has 4 atom stereocenters. The predicted octanol–water partition coefficient (Wildman–Crippen LogP) is 1.59. The fourth-order valence-electron chi connectivity index (χ4n) is 3.76. The zero-order valence-corrected chi connectivity index (χ0v) is 15.0. The molecule has 1 aliphatic heterocycles. The largest absolute Gasteiger partial charge is 0.494 e. The van der Waals surface area contributed by atoms with E-state index in [1.54, 1.807) is 0 Å². The lowest BCUT2D eigenvalue weighted by Crippen LogP contribution is -2.41. The van der Waals surface area contributed by atoms with Gasteiger partial charge in [-0.15, -0.1) is 0 Å². The molecule has 5 heteroatoms. The van der Waals surface area contributed by atoms with E-state index in [1.807, 2.05) is 66.4 Å². The zero-order chi connectivity index (χ0) is 18.5. The molecule has 1 aliphatic rings. The molecule has 26 heavy (non-hydrogen) atoms. The van der Waals surface area contributed by atoms with Crippen LogP contribution in [0.1, 0.15) is 18.1 Å². The van der Waals surface area contributed by atoms with Crippen molar-refractivity contribution in [2.45, 2.75) is 44.2 Å². The normalized spacial score (nSPS) is 26.2. The van der Waals surface area contributed by atoms with Gasteiger partial charge in [0.05, 0.1) is 31.5 Å². The van der Waals surface area contributed by atoms with Gasteiger partial charge in [-0.05, 0) is 25.0 Å². The van der Waals surface area contributed by atoms with Crippen LogP contribution in [-0.4, -0.2) is 57.7 Å². The van der Waals surface area contributed by atoms with Crippen molar-refractivity contribution >= 4 is 0 Å². The fraction of sp³-hybridized carbons (Fsp3) is 0.429. The SMILES string of the molecule is CCOc1ccccc1CN1[C@H](CO)[C@@H](O)[C@@H](O)[C@@H]1Cc1ccccc1. The van der Waals surface area contributed by atoms with E-state index in [4.69, 9.17) is 4.74 Å². The van der Waals surface area contributed by atoms with E-state index in [0.29, 0.717) is 19.6 Å². The number of nitrogens with zero attached hydrogens (tertiary/aromatic N) is 1. The van der Waals surface area contributed by atoms with Crippen LogP contribution in [0, 0.1) is 0 Å². The maximum Gasteiger partial charge on any atom is 0.123 e. The maximum atomic E-state index is 10.6. The molecule has 1 fully saturated rings. The number of benzene rings is 2. The highest BCUT2D eigenvalue weighted by Gasteiger charge is 2.47. The van der Waals surface area contributed by atoms with Gasteiger partial charge in [0.1, 0.15) is 5.75 Å². The predicted molar refractivity (Wildman–Crippen MR) is 100.0 cm³/mol. The molecular weight excluding hydrogens is 330 g/mol. The van der Waals surface area contributed by atoms with Crippen molar-refractivity contribution in [1.29, 1.82) is 0 Å². The number of para-hydroxylation sites is 1. The third kappa shape index (κ3) is 3.91. The Morgan fingerprint density at radius 2 is 1.58 bits per heavy atom. The van der Waals surface area contributed by atoms with Crippen molar-refractivity contribution < 1.29 is 20.1 Å². The molecule has 140 valence electrons. The van der Waals surface area contributed by atoms with E-state index in [1.165, 1.54) is 0 Å². The van der Waals surface area contributed by atoms with Gasteiger partial charge in [0.25, 0.3) is 0 Å². The van der Waals surface area contributed by atoms with E-state index in [9.17, 15) is 15.3 Å². The van der Waals surface area contributed by atoms with Crippen LogP contribution in [0.15, 0.2) is 54.6 Å². The van der Waals surface area contributed by atoms with Gasteiger partial charge in [0.15, 0.2) is 0 Å². The van der Waals surface area contributed by atoms with Crippen LogP contribution in [0.25, 0.3) is 0 Å². The monoisotopic (exact) mass is 357 g/mol. The second-order valence-corrected chi connectivity index (χ2v) is 6.70. The first-order chi connectivity index (χ1) is 12.7. The van der Waals surface area contributed by atoms with Crippen LogP contribution in [0.2, 0.25) is 0 Å². The molecule has 0 aliphatic carbocycles. The van der Waals surface area contributed by atoms with Crippen molar-refractivity contribution in [3.63, 3.8) is 0 Å². The van der Waals surface area contributed by atoms with Gasteiger partial charge >= 0.3 is 0 Å². The van der Waals surface area contributed by atoms with Gasteiger partial charge in [-0.2, -0.15) is 0 Å². The van der Waals surface area contributed by atoms with Crippen LogP contribution in [0.4, 0.5) is 0 Å². The van der Waals surface area contributed by atoms with E-state index < -0.39 is 18.2 Å². The second-order valence-electron chi connectivity index (χ2n) is 6.70. The first kappa shape index (κ1) is 18.9. The van der Waals surface area contributed by atoms with Gasteiger partial charge in [-0.1, -0.05) is 48.5 Å². The van der Waals surface area contributed by atoms with Crippen molar-refractivity contribution in [2.75, 3.05) is 13.2 Å². The minimum Gasteiger partial charge on any atom is -0.494 e. The number of hydrogen-bond donors (Lipinski definition) is 3. The van der Waals surface area contributed by atoms with Crippen molar-refractivity contribution in [3.8, 4) is 5.75 Å². The molecule has 2 aromatic carbocycles. The van der Waals surface area contributed by atoms with E-state index >= 15 is 0 Å². The van der Waals surface area contributed by atoms with E-state index in [2.05, 4.69) is 0 Å². The first-order valence-electron chi connectivity index (χ1n) is 9.13. The molecule has 0 radical (unpaired) electrons. The van der Waals surface area contributed by atoms with Crippen LogP contribution in [0.5, 0.6) is 5.75 Å². The van der Waals surface area contributed by atoms with Gasteiger partial charge in [-0.25, -0.2) is 0 Å². The molecule has 0 amide bonds. The molecule has 0 bridgehead atoms. The summed E-state index contributed by atoms with van der Waals surface area (Å²) in [6.07, 6.45) is -1.29. The smallest absolute Gasteiger partial charge is 0.123 e. The zero-order valence-electron chi connectivity index (χ0n) is 15.0. The molecule has 1 heterocycles. The number of aliphatic hydroxyl groups excluding tert-OH is 3. The maximum absolute atomic E-state index is 10.6. The summed E-state index contributed by atoms with van der Waals surface area (Å²) in [6, 6.07) is 16.9. The molecule has 1 saturated heterocycles. The van der Waals surface area contributed by atoms with Crippen molar-refractivity contribution in [1.82, 2.24) is 4.90 Å². The summed E-state index contributed by atoms with van der Waals surface area (Å²) in [4.78, 5) is 2.00. The lowest BCUT2D eigenvalue weighted by atomic mass is 10.0. The molecule has 3 rings (SSSR count). The van der Waals surface area contributed by atoms with Gasteiger partial charge in [0.2, 0.25) is 0 Å². The van der Waals surface area contributed by atoms with Crippen molar-refractivity contribution in [2.24, 2.45) is 0 Å². The molecule has 5 nitrogen and oxygen atoms in total. The van der Waals surface area contributed by atoms with Crippen LogP contribution < -0.4 is 4.74 Å². The summed E-state index contributed by atoms with van der Waals surface area (Å²) in [7, 11) is 0. The lowest BCUT2D eigenvalue weighted by Gasteiger charge is -2.30. The highest BCUT2D eigenvalue weighted by atomic mass is 16.5. The fourth-order valence-corrected chi connectivity index (χ4v) is 3.76. The summed E-state index contributed by atoms with van der Waals surface area (Å²) >= 11 is 0. The first-order valence-corrected chi connectivity index (χ1v) is 9.13. The minimum absolute atomic E-state index is 0.208. The quantitative estimate of drug-likeness (QED) is 0.702. The highest BCUT2D eigenvalue weighted by Crippen LogP contribution is 2.31. The molecule has 0 aromatic heterocycles. The molecular formula is C21H27NO4. The lowest BCUT2D eigenvalue weighted by molar-refractivity contribution is 0.0178. The van der Waals surface area contributed by atoms with Crippen molar-refractivity contribution in [3.05, 3.63) is 65.7 Å². The van der Waals surface area contributed by atoms with Gasteiger partial charge in [0, 0.05) is 18.2 Å². The number of aliphatic hydroxyl groups is 3. The average Bonchev–Trinajstić information content (AvgIpc) is 2.88. The standard InChI is InChI=1S/C21H27NO4/c1-2-26-19-11-7-6-10-16(19)13-22-17(12-15-8-4-3-5-9-15)20(24)21(25)18(22)14-23/h3-11,17-18,20-21,23-25H,2,12-14H2,1H3/t17-,18+,20-,21+/m0/s1. The third-order valence-electron chi connectivity index (χ3n) is 5.09. The second kappa shape index (κ2) is 8.64. The van der Waals surface area contributed by atoms with Crippen LogP contribution in [-0.2, 0) is 13.0 Å². The molecule has 0 unspecified atom stereocenters. The Morgan fingerprint density at radius 1 is 0.923 bits per heavy atom. The summed E-state index contributed by atoms with van der Waals surface area (Å²) in [5, 5.41) is 30.9.